The Hall–Kier alpha value is -2.54. The van der Waals surface area contributed by atoms with Gasteiger partial charge in [0.25, 0.3) is 5.91 Å². The zero-order valence-electron chi connectivity index (χ0n) is 13.2. The molecular formula is C17H16BrN3O3. The lowest BCUT2D eigenvalue weighted by Gasteiger charge is -2.08. The van der Waals surface area contributed by atoms with Crippen LogP contribution in [0, 0.1) is 0 Å². The first-order valence-electron chi connectivity index (χ1n) is 7.29. The molecule has 1 N–H and O–H groups in total. The second-order valence-electron chi connectivity index (χ2n) is 5.40. The molecule has 3 rings (SSSR count). The van der Waals surface area contributed by atoms with E-state index in [-0.39, 0.29) is 18.2 Å². The van der Waals surface area contributed by atoms with Crippen molar-refractivity contribution in [3.05, 3.63) is 57.4 Å². The van der Waals surface area contributed by atoms with Gasteiger partial charge in [-0.2, -0.15) is 0 Å². The van der Waals surface area contributed by atoms with Crippen molar-refractivity contribution in [2.24, 2.45) is 14.1 Å². The largest absolute Gasteiger partial charge is 0.484 e. The molecule has 0 unspecified atom stereocenters. The van der Waals surface area contributed by atoms with Crippen LogP contribution in [0.25, 0.3) is 11.0 Å². The second kappa shape index (κ2) is 6.52. The van der Waals surface area contributed by atoms with Gasteiger partial charge in [0.15, 0.2) is 6.61 Å². The van der Waals surface area contributed by atoms with Gasteiger partial charge in [0.05, 0.1) is 11.0 Å². The van der Waals surface area contributed by atoms with E-state index in [1.807, 2.05) is 18.2 Å². The van der Waals surface area contributed by atoms with Crippen molar-refractivity contribution in [3.63, 3.8) is 0 Å². The highest BCUT2D eigenvalue weighted by Crippen LogP contribution is 2.19. The molecular weight excluding hydrogens is 374 g/mol. The summed E-state index contributed by atoms with van der Waals surface area (Å²) < 4.78 is 9.45. The van der Waals surface area contributed by atoms with Gasteiger partial charge in [-0.25, -0.2) is 4.79 Å². The van der Waals surface area contributed by atoms with Gasteiger partial charge in [0, 0.05) is 24.3 Å². The maximum atomic E-state index is 12.0. The monoisotopic (exact) mass is 389 g/mol. The number of aryl methyl sites for hydroxylation is 2. The quantitative estimate of drug-likeness (QED) is 0.745. The van der Waals surface area contributed by atoms with E-state index in [0.717, 1.165) is 15.5 Å². The number of fused-ring (bicyclic) bond motifs is 1. The van der Waals surface area contributed by atoms with E-state index < -0.39 is 0 Å². The highest BCUT2D eigenvalue weighted by Gasteiger charge is 2.10. The van der Waals surface area contributed by atoms with Crippen molar-refractivity contribution in [1.82, 2.24) is 9.13 Å². The Morgan fingerprint density at radius 3 is 2.62 bits per heavy atom. The number of aromatic nitrogens is 2. The summed E-state index contributed by atoms with van der Waals surface area (Å²) in [5, 5.41) is 2.77. The molecule has 0 saturated carbocycles. The summed E-state index contributed by atoms with van der Waals surface area (Å²) in [6, 6.07) is 12.6. The number of carbonyl (C=O) groups is 1. The van der Waals surface area contributed by atoms with Crippen LogP contribution in [-0.2, 0) is 18.9 Å². The Bertz CT molecular complexity index is 975. The fourth-order valence-corrected chi connectivity index (χ4v) is 2.87. The van der Waals surface area contributed by atoms with Gasteiger partial charge in [-0.15, -0.1) is 0 Å². The van der Waals surface area contributed by atoms with Crippen molar-refractivity contribution in [2.45, 2.75) is 0 Å². The highest BCUT2D eigenvalue weighted by molar-refractivity contribution is 9.10. The molecule has 0 atom stereocenters. The van der Waals surface area contributed by atoms with Crippen molar-refractivity contribution in [2.75, 3.05) is 11.9 Å². The molecule has 0 aliphatic carbocycles. The molecule has 6 nitrogen and oxygen atoms in total. The number of benzene rings is 2. The molecule has 0 aliphatic rings. The number of amides is 1. The Labute approximate surface area is 146 Å². The Kier molecular flexibility index (Phi) is 4.44. The topological polar surface area (TPSA) is 65.3 Å². The van der Waals surface area contributed by atoms with Crippen LogP contribution in [0.2, 0.25) is 0 Å². The average molecular weight is 390 g/mol. The molecule has 124 valence electrons. The summed E-state index contributed by atoms with van der Waals surface area (Å²) >= 11 is 3.35. The molecule has 0 saturated heterocycles. The number of nitrogens with one attached hydrogen (secondary N) is 1. The number of anilines is 1. The maximum Gasteiger partial charge on any atom is 0.328 e. The van der Waals surface area contributed by atoms with Gasteiger partial charge in [-0.05, 0) is 36.4 Å². The van der Waals surface area contributed by atoms with Crippen molar-refractivity contribution in [1.29, 1.82) is 0 Å². The molecule has 0 aliphatic heterocycles. The third kappa shape index (κ3) is 3.21. The van der Waals surface area contributed by atoms with E-state index in [1.165, 1.54) is 0 Å². The van der Waals surface area contributed by atoms with E-state index in [4.69, 9.17) is 4.74 Å². The number of hydrogen-bond acceptors (Lipinski definition) is 3. The molecule has 0 radical (unpaired) electrons. The molecule has 2 aromatic carbocycles. The first kappa shape index (κ1) is 16.3. The van der Waals surface area contributed by atoms with Crippen LogP contribution in [0.3, 0.4) is 0 Å². The minimum absolute atomic E-state index is 0.0950. The van der Waals surface area contributed by atoms with Crippen LogP contribution in [-0.4, -0.2) is 21.6 Å². The summed E-state index contributed by atoms with van der Waals surface area (Å²) in [7, 11) is 3.42. The fourth-order valence-electron chi connectivity index (χ4n) is 2.49. The fraction of sp³-hybridized carbons (Fsp3) is 0.176. The number of rotatable bonds is 4. The number of ether oxygens (including phenoxy) is 1. The lowest BCUT2D eigenvalue weighted by atomic mass is 10.2. The van der Waals surface area contributed by atoms with Crippen molar-refractivity contribution < 1.29 is 9.53 Å². The third-order valence-electron chi connectivity index (χ3n) is 3.72. The van der Waals surface area contributed by atoms with Gasteiger partial charge in [-0.3, -0.25) is 13.9 Å². The molecule has 24 heavy (non-hydrogen) atoms. The molecule has 7 heteroatoms. The van der Waals surface area contributed by atoms with Crippen molar-refractivity contribution in [3.8, 4) is 5.75 Å². The molecule has 0 spiro atoms. The van der Waals surface area contributed by atoms with Gasteiger partial charge in [0.1, 0.15) is 5.75 Å². The summed E-state index contributed by atoms with van der Waals surface area (Å²) in [6.45, 7) is -0.0950. The van der Waals surface area contributed by atoms with Crippen LogP contribution in [0.1, 0.15) is 0 Å². The number of halogens is 1. The summed E-state index contributed by atoms with van der Waals surface area (Å²) in [4.78, 5) is 24.0. The highest BCUT2D eigenvalue weighted by atomic mass is 79.9. The van der Waals surface area contributed by atoms with Crippen LogP contribution in [0.15, 0.2) is 51.7 Å². The second-order valence-corrected chi connectivity index (χ2v) is 6.31. The van der Waals surface area contributed by atoms with E-state index >= 15 is 0 Å². The minimum Gasteiger partial charge on any atom is -0.484 e. The number of imidazole rings is 1. The normalized spacial score (nSPS) is 10.8. The Morgan fingerprint density at radius 2 is 1.88 bits per heavy atom. The Balaban J connectivity index is 1.71. The summed E-state index contributed by atoms with van der Waals surface area (Å²) in [6.07, 6.45) is 0. The maximum absolute atomic E-state index is 12.0. The average Bonchev–Trinajstić information content (AvgIpc) is 2.77. The summed E-state index contributed by atoms with van der Waals surface area (Å²) in [5.41, 5.74) is 2.08. The van der Waals surface area contributed by atoms with E-state index in [9.17, 15) is 9.59 Å². The smallest absolute Gasteiger partial charge is 0.328 e. The predicted octanol–water partition coefficient (Wildman–Crippen LogP) is 2.66. The molecule has 3 aromatic rings. The molecule has 0 fully saturated rings. The standard InChI is InChI=1S/C17H16BrN3O3/c1-20-14-7-6-12(9-15(14)21(2)17(20)23)19-16(22)10-24-13-5-3-4-11(18)8-13/h3-9H,10H2,1-2H3,(H,19,22). The van der Waals surface area contributed by atoms with E-state index in [0.29, 0.717) is 11.4 Å². The van der Waals surface area contributed by atoms with Crippen molar-refractivity contribution >= 4 is 38.6 Å². The molecule has 1 aromatic heterocycles. The van der Waals surface area contributed by atoms with Crippen LogP contribution < -0.4 is 15.7 Å². The minimum atomic E-state index is -0.268. The SMILES string of the molecule is Cn1c(=O)n(C)c2cc(NC(=O)COc3cccc(Br)c3)ccc21. The molecule has 0 bridgehead atoms. The number of hydrogen-bond donors (Lipinski definition) is 1. The van der Waals surface area contributed by atoms with Gasteiger partial charge < -0.3 is 10.1 Å². The zero-order valence-corrected chi connectivity index (χ0v) is 14.8. The molecule has 1 amide bonds. The molecule has 1 heterocycles. The lowest BCUT2D eigenvalue weighted by molar-refractivity contribution is -0.118. The van der Waals surface area contributed by atoms with Crippen LogP contribution in [0.4, 0.5) is 5.69 Å². The first-order valence-corrected chi connectivity index (χ1v) is 8.08. The predicted molar refractivity (Wildman–Crippen MR) is 96.4 cm³/mol. The number of carbonyl (C=O) groups excluding carboxylic acids is 1. The van der Waals surface area contributed by atoms with Gasteiger partial charge in [-0.1, -0.05) is 22.0 Å². The van der Waals surface area contributed by atoms with Crippen LogP contribution in [0.5, 0.6) is 5.75 Å². The zero-order chi connectivity index (χ0) is 17.3. The first-order chi connectivity index (χ1) is 11.5. The van der Waals surface area contributed by atoms with Crippen LogP contribution >= 0.6 is 15.9 Å². The van der Waals surface area contributed by atoms with Gasteiger partial charge >= 0.3 is 5.69 Å². The lowest BCUT2D eigenvalue weighted by Crippen LogP contribution is -2.20. The third-order valence-corrected chi connectivity index (χ3v) is 4.22. The van der Waals surface area contributed by atoms with E-state index in [1.54, 1.807) is 47.5 Å². The van der Waals surface area contributed by atoms with Gasteiger partial charge in [0.2, 0.25) is 0 Å². The number of nitrogens with zero attached hydrogens (tertiary/aromatic N) is 2. The summed E-state index contributed by atoms with van der Waals surface area (Å²) in [5.74, 6) is 0.343. The Morgan fingerprint density at radius 1 is 1.12 bits per heavy atom. The van der Waals surface area contributed by atoms with E-state index in [2.05, 4.69) is 21.2 Å².